The first-order valence-electron chi connectivity index (χ1n) is 9.91. The van der Waals surface area contributed by atoms with Gasteiger partial charge < -0.3 is 15.4 Å². The summed E-state index contributed by atoms with van der Waals surface area (Å²) in [4.78, 5) is 25.8. The third kappa shape index (κ3) is 5.70. The summed E-state index contributed by atoms with van der Waals surface area (Å²) in [5, 5.41) is 5.90. The number of amides is 2. The molecule has 2 unspecified atom stereocenters. The molecule has 3 aromatic carbocycles. The molecular weight excluding hydrogens is 376 g/mol. The van der Waals surface area contributed by atoms with Crippen molar-refractivity contribution < 1.29 is 14.3 Å². The molecule has 154 valence electrons. The zero-order chi connectivity index (χ0) is 21.3. The number of rotatable bonds is 8. The largest absolute Gasteiger partial charge is 0.497 e. The minimum atomic E-state index is -0.701. The molecular formula is C25H26N2O3. The number of hydrogen-bond donors (Lipinski definition) is 2. The van der Waals surface area contributed by atoms with Crippen molar-refractivity contribution in [3.05, 3.63) is 102 Å². The molecule has 5 nitrogen and oxygen atoms in total. The van der Waals surface area contributed by atoms with E-state index in [2.05, 4.69) is 10.6 Å². The van der Waals surface area contributed by atoms with Crippen LogP contribution in [-0.4, -0.2) is 25.0 Å². The van der Waals surface area contributed by atoms with E-state index < -0.39 is 6.04 Å². The topological polar surface area (TPSA) is 67.4 Å². The van der Waals surface area contributed by atoms with Crippen LogP contribution in [0.25, 0.3) is 0 Å². The van der Waals surface area contributed by atoms with Crippen molar-refractivity contribution in [1.29, 1.82) is 0 Å². The fourth-order valence-electron chi connectivity index (χ4n) is 3.18. The van der Waals surface area contributed by atoms with E-state index in [1.807, 2.05) is 67.6 Å². The quantitative estimate of drug-likeness (QED) is 0.600. The van der Waals surface area contributed by atoms with Gasteiger partial charge in [-0.15, -0.1) is 0 Å². The molecule has 0 radical (unpaired) electrons. The Bertz CT molecular complexity index is 957. The highest BCUT2D eigenvalue weighted by Gasteiger charge is 2.23. The van der Waals surface area contributed by atoms with Crippen LogP contribution in [0, 0.1) is 0 Å². The van der Waals surface area contributed by atoms with Gasteiger partial charge in [-0.2, -0.15) is 0 Å². The molecule has 0 spiro atoms. The van der Waals surface area contributed by atoms with Gasteiger partial charge in [-0.25, -0.2) is 0 Å². The second-order valence-corrected chi connectivity index (χ2v) is 7.09. The van der Waals surface area contributed by atoms with Gasteiger partial charge in [0.2, 0.25) is 5.91 Å². The fraction of sp³-hybridized carbons (Fsp3) is 0.200. The standard InChI is InChI=1S/C25H26N2O3/c1-18(20-11-7-4-8-12-20)26-25(29)23(17-19-9-5-3-6-10-19)27-24(28)21-13-15-22(30-2)16-14-21/h3-16,18,23H,17H2,1-2H3,(H,26,29)(H,27,28). The molecule has 0 aromatic heterocycles. The van der Waals surface area contributed by atoms with Crippen molar-refractivity contribution in [2.75, 3.05) is 7.11 Å². The molecule has 0 saturated carbocycles. The molecule has 3 rings (SSSR count). The minimum absolute atomic E-state index is 0.171. The summed E-state index contributed by atoms with van der Waals surface area (Å²) < 4.78 is 5.14. The lowest BCUT2D eigenvalue weighted by Gasteiger charge is -2.22. The Kier molecular flexibility index (Phi) is 7.22. The molecule has 0 aliphatic heterocycles. The number of ether oxygens (including phenoxy) is 1. The van der Waals surface area contributed by atoms with Gasteiger partial charge in [-0.1, -0.05) is 60.7 Å². The first-order chi connectivity index (χ1) is 14.6. The lowest BCUT2D eigenvalue weighted by atomic mass is 10.0. The van der Waals surface area contributed by atoms with Crippen molar-refractivity contribution in [2.45, 2.75) is 25.4 Å². The maximum absolute atomic E-state index is 13.1. The van der Waals surface area contributed by atoms with E-state index >= 15 is 0 Å². The van der Waals surface area contributed by atoms with Crippen molar-refractivity contribution >= 4 is 11.8 Å². The molecule has 2 amide bonds. The zero-order valence-electron chi connectivity index (χ0n) is 17.2. The monoisotopic (exact) mass is 402 g/mol. The summed E-state index contributed by atoms with van der Waals surface area (Å²) in [6.07, 6.45) is 0.399. The SMILES string of the molecule is COc1ccc(C(=O)NC(Cc2ccccc2)C(=O)NC(C)c2ccccc2)cc1. The van der Waals surface area contributed by atoms with Crippen LogP contribution in [0.5, 0.6) is 5.75 Å². The van der Waals surface area contributed by atoms with Crippen molar-refractivity contribution in [3.63, 3.8) is 0 Å². The highest BCUT2D eigenvalue weighted by Crippen LogP contribution is 2.14. The molecule has 0 aliphatic rings. The average molecular weight is 402 g/mol. The molecule has 0 fully saturated rings. The molecule has 30 heavy (non-hydrogen) atoms. The van der Waals surface area contributed by atoms with Crippen LogP contribution in [0.3, 0.4) is 0 Å². The Morgan fingerprint density at radius 1 is 0.833 bits per heavy atom. The first-order valence-corrected chi connectivity index (χ1v) is 9.91. The summed E-state index contributed by atoms with van der Waals surface area (Å²) in [5.41, 5.74) is 2.45. The number of nitrogens with one attached hydrogen (secondary N) is 2. The lowest BCUT2D eigenvalue weighted by molar-refractivity contribution is -0.123. The van der Waals surface area contributed by atoms with E-state index in [-0.39, 0.29) is 17.9 Å². The number of carbonyl (C=O) groups is 2. The van der Waals surface area contributed by atoms with Gasteiger partial charge in [0.1, 0.15) is 11.8 Å². The number of benzene rings is 3. The van der Waals surface area contributed by atoms with Crippen LogP contribution in [-0.2, 0) is 11.2 Å². The molecule has 3 aromatic rings. The van der Waals surface area contributed by atoms with E-state index in [9.17, 15) is 9.59 Å². The van der Waals surface area contributed by atoms with Crippen molar-refractivity contribution in [2.24, 2.45) is 0 Å². The van der Waals surface area contributed by atoms with E-state index in [1.54, 1.807) is 31.4 Å². The summed E-state index contributed by atoms with van der Waals surface area (Å²) in [7, 11) is 1.57. The Morgan fingerprint density at radius 2 is 1.43 bits per heavy atom. The van der Waals surface area contributed by atoms with Crippen molar-refractivity contribution in [3.8, 4) is 5.75 Å². The van der Waals surface area contributed by atoms with Gasteiger partial charge >= 0.3 is 0 Å². The molecule has 0 saturated heterocycles. The van der Waals surface area contributed by atoms with E-state index in [4.69, 9.17) is 4.74 Å². The van der Waals surface area contributed by atoms with Crippen LogP contribution < -0.4 is 15.4 Å². The fourth-order valence-corrected chi connectivity index (χ4v) is 3.18. The second kappa shape index (κ2) is 10.3. The van der Waals surface area contributed by atoms with Crippen molar-refractivity contribution in [1.82, 2.24) is 10.6 Å². The molecule has 5 heteroatoms. The second-order valence-electron chi connectivity index (χ2n) is 7.09. The van der Waals surface area contributed by atoms with Crippen LogP contribution in [0.15, 0.2) is 84.9 Å². The molecule has 2 N–H and O–H groups in total. The predicted octanol–water partition coefficient (Wildman–Crippen LogP) is 3.91. The molecule has 0 aliphatic carbocycles. The van der Waals surface area contributed by atoms with E-state index in [0.29, 0.717) is 17.7 Å². The summed E-state index contributed by atoms with van der Waals surface area (Å²) in [6.45, 7) is 1.93. The third-order valence-corrected chi connectivity index (χ3v) is 4.92. The Labute approximate surface area is 177 Å². The Balaban J connectivity index is 1.75. The first kappa shape index (κ1) is 21.1. The highest BCUT2D eigenvalue weighted by atomic mass is 16.5. The smallest absolute Gasteiger partial charge is 0.251 e. The summed E-state index contributed by atoms with van der Waals surface area (Å²) >= 11 is 0. The van der Waals surface area contributed by atoms with E-state index in [0.717, 1.165) is 11.1 Å². The molecule has 0 heterocycles. The third-order valence-electron chi connectivity index (χ3n) is 4.92. The van der Waals surface area contributed by atoms with Crippen LogP contribution in [0.4, 0.5) is 0 Å². The number of carbonyl (C=O) groups excluding carboxylic acids is 2. The highest BCUT2D eigenvalue weighted by molar-refractivity contribution is 5.97. The minimum Gasteiger partial charge on any atom is -0.497 e. The van der Waals surface area contributed by atoms with Gasteiger partial charge in [-0.05, 0) is 42.3 Å². The number of hydrogen-bond acceptors (Lipinski definition) is 3. The number of methoxy groups -OCH3 is 1. The van der Waals surface area contributed by atoms with Gasteiger partial charge in [-0.3, -0.25) is 9.59 Å². The summed E-state index contributed by atoms with van der Waals surface area (Å²) in [5.74, 6) is 0.139. The van der Waals surface area contributed by atoms with Gasteiger partial charge in [0, 0.05) is 12.0 Å². The molecule has 2 atom stereocenters. The Hall–Kier alpha value is -3.60. The maximum Gasteiger partial charge on any atom is 0.251 e. The zero-order valence-corrected chi connectivity index (χ0v) is 17.2. The predicted molar refractivity (Wildman–Crippen MR) is 117 cm³/mol. The van der Waals surface area contributed by atoms with Gasteiger partial charge in [0.25, 0.3) is 5.91 Å². The lowest BCUT2D eigenvalue weighted by Crippen LogP contribution is -2.48. The normalized spacial score (nSPS) is 12.5. The Morgan fingerprint density at radius 3 is 2.03 bits per heavy atom. The average Bonchev–Trinajstić information content (AvgIpc) is 2.79. The van der Waals surface area contributed by atoms with E-state index in [1.165, 1.54) is 0 Å². The van der Waals surface area contributed by atoms with Crippen LogP contribution in [0.2, 0.25) is 0 Å². The maximum atomic E-state index is 13.1. The summed E-state index contributed by atoms with van der Waals surface area (Å²) in [6, 6.07) is 25.3. The van der Waals surface area contributed by atoms with Gasteiger partial charge in [0.15, 0.2) is 0 Å². The van der Waals surface area contributed by atoms with Crippen LogP contribution in [0.1, 0.15) is 34.5 Å². The molecule has 0 bridgehead atoms. The van der Waals surface area contributed by atoms with Gasteiger partial charge in [0.05, 0.1) is 13.2 Å². The van der Waals surface area contributed by atoms with Crippen LogP contribution >= 0.6 is 0 Å².